The van der Waals surface area contributed by atoms with Crippen LogP contribution in [0.5, 0.6) is 0 Å². The molecule has 3 rings (SSSR count). The Labute approximate surface area is 139 Å². The van der Waals surface area contributed by atoms with Crippen LogP contribution in [0.15, 0.2) is 47.2 Å². The Morgan fingerprint density at radius 2 is 1.88 bits per heavy atom. The van der Waals surface area contributed by atoms with Crippen LogP contribution in [0.3, 0.4) is 0 Å². The van der Waals surface area contributed by atoms with Gasteiger partial charge < -0.3 is 5.73 Å². The molecule has 0 saturated heterocycles. The van der Waals surface area contributed by atoms with Crippen LogP contribution in [-0.2, 0) is 0 Å². The summed E-state index contributed by atoms with van der Waals surface area (Å²) >= 11 is 0. The summed E-state index contributed by atoms with van der Waals surface area (Å²) in [5, 5.41) is 29.2. The first kappa shape index (κ1) is 15.8. The number of allylic oxidation sites excluding steroid dienone is 3. The second-order valence-electron chi connectivity index (χ2n) is 6.13. The first-order valence-electron chi connectivity index (χ1n) is 7.78. The molecule has 4 nitrogen and oxygen atoms in total. The van der Waals surface area contributed by atoms with Gasteiger partial charge in [-0.2, -0.15) is 15.8 Å². The monoisotopic (exact) mass is 318 g/mol. The Morgan fingerprint density at radius 3 is 2.50 bits per heavy atom. The smallest absolute Gasteiger partial charge is 0.187 e. The van der Waals surface area contributed by atoms with Crippen LogP contribution in [0.25, 0.3) is 0 Å². The Morgan fingerprint density at radius 1 is 1.17 bits per heavy atom. The van der Waals surface area contributed by atoms with Crippen molar-refractivity contribution in [1.82, 2.24) is 0 Å². The number of halogens is 1. The molecule has 0 heterocycles. The van der Waals surface area contributed by atoms with Gasteiger partial charge in [-0.1, -0.05) is 24.3 Å². The normalized spacial score (nSPS) is 24.8. The SMILES string of the molecule is N#CC1=C(N)C2=CCCCC2C(c2ccccc2F)C1(C#N)C#N. The van der Waals surface area contributed by atoms with Gasteiger partial charge in [-0.3, -0.25) is 0 Å². The topological polar surface area (TPSA) is 97.4 Å². The predicted molar refractivity (Wildman–Crippen MR) is 85.1 cm³/mol. The summed E-state index contributed by atoms with van der Waals surface area (Å²) in [6.45, 7) is 0. The largest absolute Gasteiger partial charge is 0.398 e. The van der Waals surface area contributed by atoms with E-state index in [2.05, 4.69) is 0 Å². The Bertz CT molecular complexity index is 862. The number of hydrogen-bond acceptors (Lipinski definition) is 4. The van der Waals surface area contributed by atoms with Gasteiger partial charge in [-0.25, -0.2) is 4.39 Å². The molecule has 2 aliphatic carbocycles. The first-order valence-corrected chi connectivity index (χ1v) is 7.78. The van der Waals surface area contributed by atoms with Crippen molar-refractivity contribution >= 4 is 0 Å². The number of nitriles is 3. The molecule has 0 spiro atoms. The van der Waals surface area contributed by atoms with Crippen molar-refractivity contribution in [2.24, 2.45) is 17.1 Å². The highest BCUT2D eigenvalue weighted by Gasteiger charge is 2.54. The molecule has 0 bridgehead atoms. The van der Waals surface area contributed by atoms with Crippen LogP contribution in [0.4, 0.5) is 4.39 Å². The zero-order valence-corrected chi connectivity index (χ0v) is 13.0. The van der Waals surface area contributed by atoms with Crippen LogP contribution >= 0.6 is 0 Å². The molecule has 0 radical (unpaired) electrons. The second kappa shape index (κ2) is 5.84. The standard InChI is InChI=1S/C19H15FN4/c20-16-8-4-3-7-14(16)17-12-5-1-2-6-13(12)18(24)15(9-21)19(17,10-22)11-23/h3-4,6-8,12,17H,1-2,5,24H2. The highest BCUT2D eigenvalue weighted by molar-refractivity contribution is 5.59. The summed E-state index contributed by atoms with van der Waals surface area (Å²) < 4.78 is 14.5. The minimum Gasteiger partial charge on any atom is -0.398 e. The lowest BCUT2D eigenvalue weighted by molar-refractivity contribution is 0.314. The van der Waals surface area contributed by atoms with Gasteiger partial charge in [0.2, 0.25) is 0 Å². The molecule has 0 fully saturated rings. The summed E-state index contributed by atoms with van der Waals surface area (Å²) in [7, 11) is 0. The van der Waals surface area contributed by atoms with E-state index in [0.717, 1.165) is 18.4 Å². The number of fused-ring (bicyclic) bond motifs is 1. The highest BCUT2D eigenvalue weighted by Crippen LogP contribution is 2.56. The number of benzene rings is 1. The molecule has 24 heavy (non-hydrogen) atoms. The van der Waals surface area contributed by atoms with Crippen LogP contribution in [0, 0.1) is 51.1 Å². The van der Waals surface area contributed by atoms with Crippen LogP contribution in [0.1, 0.15) is 30.7 Å². The Kier molecular flexibility index (Phi) is 3.84. The van der Waals surface area contributed by atoms with E-state index in [1.165, 1.54) is 6.07 Å². The predicted octanol–water partition coefficient (Wildman–Crippen LogP) is 3.42. The lowest BCUT2D eigenvalue weighted by Crippen LogP contribution is -2.41. The third-order valence-corrected chi connectivity index (χ3v) is 5.03. The number of rotatable bonds is 1. The van der Waals surface area contributed by atoms with E-state index in [4.69, 9.17) is 5.73 Å². The van der Waals surface area contributed by atoms with Crippen LogP contribution in [0.2, 0.25) is 0 Å². The average molecular weight is 318 g/mol. The maximum atomic E-state index is 14.5. The van der Waals surface area contributed by atoms with Gasteiger partial charge >= 0.3 is 0 Å². The minimum atomic E-state index is -1.78. The summed E-state index contributed by atoms with van der Waals surface area (Å²) in [5.41, 5.74) is 5.57. The van der Waals surface area contributed by atoms with E-state index in [-0.39, 0.29) is 17.2 Å². The molecule has 2 atom stereocenters. The van der Waals surface area contributed by atoms with E-state index in [0.29, 0.717) is 12.0 Å². The van der Waals surface area contributed by atoms with Crippen molar-refractivity contribution in [3.63, 3.8) is 0 Å². The molecule has 1 aromatic rings. The maximum Gasteiger partial charge on any atom is 0.187 e. The van der Waals surface area contributed by atoms with Crippen molar-refractivity contribution in [3.05, 3.63) is 58.6 Å². The lowest BCUT2D eigenvalue weighted by atomic mass is 9.56. The fourth-order valence-electron chi connectivity index (χ4n) is 3.97. The quantitative estimate of drug-likeness (QED) is 0.857. The van der Waals surface area contributed by atoms with E-state index in [1.807, 2.05) is 24.3 Å². The summed E-state index contributed by atoms with van der Waals surface area (Å²) in [6.07, 6.45) is 4.35. The fourth-order valence-corrected chi connectivity index (χ4v) is 3.97. The van der Waals surface area contributed by atoms with E-state index < -0.39 is 17.2 Å². The van der Waals surface area contributed by atoms with Crippen molar-refractivity contribution in [2.75, 3.05) is 0 Å². The molecule has 0 aliphatic heterocycles. The Hall–Kier alpha value is -3.10. The van der Waals surface area contributed by atoms with Gasteiger partial charge in [0.1, 0.15) is 5.82 Å². The zero-order valence-electron chi connectivity index (χ0n) is 13.0. The molecular weight excluding hydrogens is 303 g/mol. The number of hydrogen-bond donors (Lipinski definition) is 1. The first-order chi connectivity index (χ1) is 11.6. The van der Waals surface area contributed by atoms with Crippen molar-refractivity contribution in [3.8, 4) is 18.2 Å². The van der Waals surface area contributed by atoms with E-state index in [1.54, 1.807) is 18.2 Å². The van der Waals surface area contributed by atoms with Crippen molar-refractivity contribution in [1.29, 1.82) is 15.8 Å². The molecule has 5 heteroatoms. The molecule has 2 N–H and O–H groups in total. The number of nitrogens with two attached hydrogens (primary N) is 1. The lowest BCUT2D eigenvalue weighted by Gasteiger charge is -2.43. The molecule has 0 saturated carbocycles. The average Bonchev–Trinajstić information content (AvgIpc) is 2.62. The van der Waals surface area contributed by atoms with Crippen LogP contribution in [-0.4, -0.2) is 0 Å². The van der Waals surface area contributed by atoms with Gasteiger partial charge in [0.25, 0.3) is 0 Å². The summed E-state index contributed by atoms with van der Waals surface area (Å²) in [5.74, 6) is -1.46. The third kappa shape index (κ3) is 2.01. The molecular formula is C19H15FN4. The molecule has 1 aromatic carbocycles. The highest BCUT2D eigenvalue weighted by atomic mass is 19.1. The third-order valence-electron chi connectivity index (χ3n) is 5.03. The van der Waals surface area contributed by atoms with Gasteiger partial charge in [-0.05, 0) is 42.4 Å². The zero-order chi connectivity index (χ0) is 17.3. The van der Waals surface area contributed by atoms with Crippen molar-refractivity contribution < 1.29 is 4.39 Å². The number of nitrogens with zero attached hydrogens (tertiary/aromatic N) is 3. The molecule has 2 unspecified atom stereocenters. The van der Waals surface area contributed by atoms with Gasteiger partial charge in [0.15, 0.2) is 5.41 Å². The van der Waals surface area contributed by atoms with E-state index >= 15 is 0 Å². The molecule has 0 aromatic heterocycles. The van der Waals surface area contributed by atoms with Gasteiger partial charge in [0, 0.05) is 5.92 Å². The van der Waals surface area contributed by atoms with Gasteiger partial charge in [-0.15, -0.1) is 0 Å². The molecule has 0 amide bonds. The van der Waals surface area contributed by atoms with Crippen molar-refractivity contribution in [2.45, 2.75) is 25.2 Å². The molecule has 2 aliphatic rings. The summed E-state index contributed by atoms with van der Waals surface area (Å²) in [4.78, 5) is 0. The van der Waals surface area contributed by atoms with Gasteiger partial charge in [0.05, 0.1) is 29.5 Å². The van der Waals surface area contributed by atoms with Crippen LogP contribution < -0.4 is 5.73 Å². The minimum absolute atomic E-state index is 0.0647. The fraction of sp³-hybridized carbons (Fsp3) is 0.316. The second-order valence-corrected chi connectivity index (χ2v) is 6.13. The Balaban J connectivity index is 2.37. The molecule has 118 valence electrons. The maximum absolute atomic E-state index is 14.5. The summed E-state index contributed by atoms with van der Waals surface area (Å²) in [6, 6.07) is 12.1. The van der Waals surface area contributed by atoms with E-state index in [9.17, 15) is 20.2 Å².